The van der Waals surface area contributed by atoms with Crippen LogP contribution in [0.3, 0.4) is 0 Å². The molecule has 0 bridgehead atoms. The molecular weight excluding hydrogens is 340 g/mol. The van der Waals surface area contributed by atoms with E-state index < -0.39 is 5.91 Å². The van der Waals surface area contributed by atoms with Gasteiger partial charge in [-0.15, -0.1) is 11.3 Å². The molecule has 3 aromatic rings. The molecule has 0 fully saturated rings. The van der Waals surface area contributed by atoms with Gasteiger partial charge in [0.15, 0.2) is 5.13 Å². The number of nitrogens with one attached hydrogen (secondary N) is 2. The normalized spacial score (nSPS) is 10.2. The van der Waals surface area contributed by atoms with Gasteiger partial charge < -0.3 is 5.32 Å². The number of pyridine rings is 1. The number of carbonyl (C=O) groups is 2. The monoisotopic (exact) mass is 354 g/mol. The second-order valence-corrected chi connectivity index (χ2v) is 5.84. The number of amides is 2. The highest BCUT2D eigenvalue weighted by Crippen LogP contribution is 2.16. The summed E-state index contributed by atoms with van der Waals surface area (Å²) in [6, 6.07) is 5.32. The minimum atomic E-state index is -0.442. The molecule has 3 rings (SSSR count). The quantitative estimate of drug-likeness (QED) is 0.693. The van der Waals surface area contributed by atoms with Crippen LogP contribution in [0.25, 0.3) is 0 Å². The highest BCUT2D eigenvalue weighted by atomic mass is 32.1. The SMILES string of the molecule is O=C(Cc1csc(NC(=O)c2ncccn2)n1)NCc1cccnc1. The van der Waals surface area contributed by atoms with E-state index in [1.54, 1.807) is 23.8 Å². The highest BCUT2D eigenvalue weighted by molar-refractivity contribution is 7.14. The molecule has 3 aromatic heterocycles. The minimum absolute atomic E-state index is 0.0634. The fourth-order valence-corrected chi connectivity index (χ4v) is 2.65. The number of aromatic nitrogens is 4. The van der Waals surface area contributed by atoms with E-state index in [2.05, 4.69) is 30.6 Å². The standard InChI is InChI=1S/C16H14N6O2S/c23-13(20-9-11-3-1-4-17-8-11)7-12-10-25-16(21-12)22-15(24)14-18-5-2-6-19-14/h1-6,8,10H,7,9H2,(H,20,23)(H,21,22,24). The fraction of sp³-hybridized carbons (Fsp3) is 0.125. The number of carbonyl (C=O) groups excluding carboxylic acids is 2. The molecule has 0 aliphatic heterocycles. The number of thiazole rings is 1. The Hall–Kier alpha value is -3.20. The Kier molecular flexibility index (Phi) is 5.37. The average Bonchev–Trinajstić information content (AvgIpc) is 3.08. The summed E-state index contributed by atoms with van der Waals surface area (Å²) in [7, 11) is 0. The molecule has 9 heteroatoms. The topological polar surface area (TPSA) is 110 Å². The molecule has 2 N–H and O–H groups in total. The van der Waals surface area contributed by atoms with Crippen LogP contribution in [0, 0.1) is 0 Å². The van der Waals surface area contributed by atoms with Gasteiger partial charge in [-0.1, -0.05) is 6.07 Å². The van der Waals surface area contributed by atoms with Crippen molar-refractivity contribution in [3.63, 3.8) is 0 Å². The summed E-state index contributed by atoms with van der Waals surface area (Å²) in [6.07, 6.45) is 6.48. The molecule has 8 nitrogen and oxygen atoms in total. The smallest absolute Gasteiger partial charge is 0.295 e. The third-order valence-electron chi connectivity index (χ3n) is 3.10. The van der Waals surface area contributed by atoms with Crippen LogP contribution in [0.15, 0.2) is 48.4 Å². The molecule has 0 aliphatic rings. The van der Waals surface area contributed by atoms with Gasteiger partial charge in [-0.25, -0.2) is 15.0 Å². The van der Waals surface area contributed by atoms with Gasteiger partial charge in [0.05, 0.1) is 12.1 Å². The van der Waals surface area contributed by atoms with Crippen LogP contribution in [0.1, 0.15) is 21.9 Å². The van der Waals surface area contributed by atoms with Crippen molar-refractivity contribution in [1.82, 2.24) is 25.3 Å². The van der Waals surface area contributed by atoms with Gasteiger partial charge in [-0.3, -0.25) is 19.9 Å². The molecule has 25 heavy (non-hydrogen) atoms. The summed E-state index contributed by atoms with van der Waals surface area (Å²) in [6.45, 7) is 0.408. The van der Waals surface area contributed by atoms with E-state index >= 15 is 0 Å². The zero-order valence-electron chi connectivity index (χ0n) is 13.0. The molecule has 0 radical (unpaired) electrons. The zero-order valence-corrected chi connectivity index (χ0v) is 13.9. The molecule has 0 saturated carbocycles. The number of rotatable bonds is 6. The molecule has 0 aliphatic carbocycles. The van der Waals surface area contributed by atoms with Crippen LogP contribution < -0.4 is 10.6 Å². The lowest BCUT2D eigenvalue weighted by Crippen LogP contribution is -2.24. The molecule has 2 amide bonds. The van der Waals surface area contributed by atoms with Crippen LogP contribution in [-0.2, 0) is 17.8 Å². The van der Waals surface area contributed by atoms with Gasteiger partial charge >= 0.3 is 0 Å². The lowest BCUT2D eigenvalue weighted by Gasteiger charge is -2.03. The van der Waals surface area contributed by atoms with Crippen molar-refractivity contribution in [2.24, 2.45) is 0 Å². The van der Waals surface area contributed by atoms with Gasteiger partial charge in [-0.2, -0.15) is 0 Å². The first-order valence-corrected chi connectivity index (χ1v) is 8.27. The lowest BCUT2D eigenvalue weighted by atomic mass is 10.2. The number of anilines is 1. The van der Waals surface area contributed by atoms with Crippen molar-refractivity contribution in [2.75, 3.05) is 5.32 Å². The van der Waals surface area contributed by atoms with E-state index in [9.17, 15) is 9.59 Å². The Morgan fingerprint density at radius 1 is 1.12 bits per heavy atom. The van der Waals surface area contributed by atoms with Crippen molar-refractivity contribution in [1.29, 1.82) is 0 Å². The van der Waals surface area contributed by atoms with Gasteiger partial charge in [0.1, 0.15) is 0 Å². The number of hydrogen-bond donors (Lipinski definition) is 2. The summed E-state index contributed by atoms with van der Waals surface area (Å²) in [5, 5.41) is 7.54. The third-order valence-corrected chi connectivity index (χ3v) is 3.90. The lowest BCUT2D eigenvalue weighted by molar-refractivity contribution is -0.120. The van der Waals surface area contributed by atoms with Crippen LogP contribution in [0.5, 0.6) is 0 Å². The van der Waals surface area contributed by atoms with E-state index in [0.29, 0.717) is 17.4 Å². The summed E-state index contributed by atoms with van der Waals surface area (Å²) >= 11 is 1.24. The maximum absolute atomic E-state index is 12.0. The summed E-state index contributed by atoms with van der Waals surface area (Å²) < 4.78 is 0. The first-order valence-electron chi connectivity index (χ1n) is 7.39. The predicted octanol–water partition coefficient (Wildman–Crippen LogP) is 1.44. The second-order valence-electron chi connectivity index (χ2n) is 4.99. The Morgan fingerprint density at radius 2 is 1.96 bits per heavy atom. The Bertz CT molecular complexity index is 853. The molecule has 3 heterocycles. The van der Waals surface area contributed by atoms with E-state index in [1.165, 1.54) is 23.7 Å². The van der Waals surface area contributed by atoms with Gasteiger partial charge in [0, 0.05) is 36.7 Å². The second kappa shape index (κ2) is 8.06. The van der Waals surface area contributed by atoms with E-state index in [-0.39, 0.29) is 18.2 Å². The Labute approximate surface area is 147 Å². The van der Waals surface area contributed by atoms with Crippen LogP contribution >= 0.6 is 11.3 Å². The fourth-order valence-electron chi connectivity index (χ4n) is 1.95. The van der Waals surface area contributed by atoms with Gasteiger partial charge in [0.2, 0.25) is 11.7 Å². The maximum atomic E-state index is 12.0. The number of nitrogens with zero attached hydrogens (tertiary/aromatic N) is 4. The molecule has 0 saturated heterocycles. The van der Waals surface area contributed by atoms with Crippen molar-refractivity contribution in [2.45, 2.75) is 13.0 Å². The molecule has 0 unspecified atom stereocenters. The highest BCUT2D eigenvalue weighted by Gasteiger charge is 2.12. The van der Waals surface area contributed by atoms with Crippen LogP contribution in [0.2, 0.25) is 0 Å². The number of hydrogen-bond acceptors (Lipinski definition) is 7. The molecular formula is C16H14N6O2S. The minimum Gasteiger partial charge on any atom is -0.352 e. The van der Waals surface area contributed by atoms with E-state index in [0.717, 1.165) is 5.56 Å². The Balaban J connectivity index is 1.51. The van der Waals surface area contributed by atoms with Crippen molar-refractivity contribution < 1.29 is 9.59 Å². The first kappa shape index (κ1) is 16.7. The van der Waals surface area contributed by atoms with Gasteiger partial charge in [-0.05, 0) is 17.7 Å². The Morgan fingerprint density at radius 3 is 2.72 bits per heavy atom. The van der Waals surface area contributed by atoms with Gasteiger partial charge in [0.25, 0.3) is 5.91 Å². The molecule has 126 valence electrons. The third kappa shape index (κ3) is 4.88. The summed E-state index contributed by atoms with van der Waals surface area (Å²) in [5.74, 6) is -0.533. The molecule has 0 aromatic carbocycles. The van der Waals surface area contributed by atoms with Crippen LogP contribution in [0.4, 0.5) is 5.13 Å². The van der Waals surface area contributed by atoms with Crippen molar-refractivity contribution in [3.05, 3.63) is 65.4 Å². The maximum Gasteiger partial charge on any atom is 0.295 e. The van der Waals surface area contributed by atoms with E-state index in [4.69, 9.17) is 0 Å². The summed E-state index contributed by atoms with van der Waals surface area (Å²) in [5.41, 5.74) is 1.50. The largest absolute Gasteiger partial charge is 0.352 e. The van der Waals surface area contributed by atoms with Crippen molar-refractivity contribution in [3.8, 4) is 0 Å². The first-order chi connectivity index (χ1) is 12.2. The predicted molar refractivity (Wildman–Crippen MR) is 91.9 cm³/mol. The van der Waals surface area contributed by atoms with Crippen molar-refractivity contribution >= 4 is 28.3 Å². The zero-order chi connectivity index (χ0) is 17.5. The molecule has 0 spiro atoms. The van der Waals surface area contributed by atoms with Crippen LogP contribution in [-0.4, -0.2) is 31.8 Å². The molecule has 0 atom stereocenters. The average molecular weight is 354 g/mol. The summed E-state index contributed by atoms with van der Waals surface area (Å²) in [4.78, 5) is 39.9. The van der Waals surface area contributed by atoms with E-state index in [1.807, 2.05) is 12.1 Å².